The first kappa shape index (κ1) is 18.9. The van der Waals surface area contributed by atoms with Gasteiger partial charge in [-0.05, 0) is 29.8 Å². The van der Waals surface area contributed by atoms with Crippen molar-refractivity contribution in [3.05, 3.63) is 65.5 Å². The van der Waals surface area contributed by atoms with Gasteiger partial charge in [-0.3, -0.25) is 19.5 Å². The molecule has 0 saturated carbocycles. The maximum atomic E-state index is 13.4. The molecule has 8 heteroatoms. The quantitative estimate of drug-likeness (QED) is 0.801. The lowest BCUT2D eigenvalue weighted by atomic mass is 10.1. The minimum Gasteiger partial charge on any atom is -0.353 e. The van der Waals surface area contributed by atoms with Gasteiger partial charge in [0.1, 0.15) is 0 Å². The van der Waals surface area contributed by atoms with Gasteiger partial charge >= 0.3 is 0 Å². The molecule has 1 unspecified atom stereocenters. The monoisotopic (exact) mass is 374 g/mol. The minimum absolute atomic E-state index is 0.0255. The second kappa shape index (κ2) is 8.68. The topological polar surface area (TPSA) is 74.3 Å². The average Bonchev–Trinajstić information content (AvgIpc) is 2.67. The van der Waals surface area contributed by atoms with Crippen LogP contribution < -0.4 is 10.6 Å². The molecule has 0 bridgehead atoms. The van der Waals surface area contributed by atoms with Crippen molar-refractivity contribution in [2.24, 2.45) is 0 Å². The summed E-state index contributed by atoms with van der Waals surface area (Å²) in [5.41, 5.74) is 1.26. The first-order chi connectivity index (χ1) is 13.0. The molecule has 2 N–H and O–H groups in total. The second-order valence-electron chi connectivity index (χ2n) is 6.33. The molecule has 1 fully saturated rings. The van der Waals surface area contributed by atoms with Crippen LogP contribution in [0, 0.1) is 11.6 Å². The van der Waals surface area contributed by atoms with Crippen molar-refractivity contribution in [3.8, 4) is 0 Å². The van der Waals surface area contributed by atoms with E-state index in [2.05, 4.69) is 15.6 Å². The summed E-state index contributed by atoms with van der Waals surface area (Å²) in [6.07, 6.45) is 1.61. The van der Waals surface area contributed by atoms with E-state index in [4.69, 9.17) is 0 Å². The molecule has 2 heterocycles. The number of hydrogen-bond donors (Lipinski definition) is 2. The molecule has 0 aliphatic carbocycles. The van der Waals surface area contributed by atoms with Gasteiger partial charge in [0.2, 0.25) is 11.8 Å². The van der Waals surface area contributed by atoms with Gasteiger partial charge in [0.25, 0.3) is 0 Å². The van der Waals surface area contributed by atoms with E-state index >= 15 is 0 Å². The zero-order valence-electron chi connectivity index (χ0n) is 14.6. The highest BCUT2D eigenvalue weighted by molar-refractivity contribution is 5.88. The Balaban J connectivity index is 1.62. The van der Waals surface area contributed by atoms with Gasteiger partial charge in [-0.25, -0.2) is 8.78 Å². The van der Waals surface area contributed by atoms with Crippen molar-refractivity contribution in [2.75, 3.05) is 13.1 Å². The summed E-state index contributed by atoms with van der Waals surface area (Å²) in [5.74, 6) is -2.38. The Kier molecular flexibility index (Phi) is 6.08. The number of halogens is 2. The van der Waals surface area contributed by atoms with Crippen LogP contribution in [0.2, 0.25) is 0 Å². The van der Waals surface area contributed by atoms with E-state index in [1.165, 1.54) is 6.07 Å². The molecule has 2 aromatic rings. The van der Waals surface area contributed by atoms with Crippen molar-refractivity contribution >= 4 is 11.8 Å². The smallest absolute Gasteiger partial charge is 0.237 e. The normalized spacial score (nSPS) is 17.4. The first-order valence-electron chi connectivity index (χ1n) is 8.65. The number of carbonyl (C=O) groups is 2. The molecule has 0 radical (unpaired) electrons. The number of carbonyl (C=O) groups excluding carboxylic acids is 2. The zero-order chi connectivity index (χ0) is 19.2. The van der Waals surface area contributed by atoms with Crippen LogP contribution in [0.15, 0.2) is 42.6 Å². The van der Waals surface area contributed by atoms with E-state index in [0.29, 0.717) is 18.7 Å². The Morgan fingerprint density at radius 2 is 2.11 bits per heavy atom. The van der Waals surface area contributed by atoms with Crippen LogP contribution in [0.25, 0.3) is 0 Å². The molecule has 0 spiro atoms. The lowest BCUT2D eigenvalue weighted by Gasteiger charge is -2.34. The highest BCUT2D eigenvalue weighted by atomic mass is 19.2. The highest BCUT2D eigenvalue weighted by Crippen LogP contribution is 2.16. The maximum absolute atomic E-state index is 13.4. The number of benzene rings is 1. The number of piperazine rings is 1. The molecule has 1 aliphatic heterocycles. The number of pyridine rings is 1. The highest BCUT2D eigenvalue weighted by Gasteiger charge is 2.31. The average molecular weight is 374 g/mol. The van der Waals surface area contributed by atoms with Crippen LogP contribution in [-0.2, 0) is 22.7 Å². The number of amides is 2. The van der Waals surface area contributed by atoms with Crippen LogP contribution >= 0.6 is 0 Å². The standard InChI is InChI=1S/C19H20F2N4O2/c20-15-5-4-13(9-16(15)21)12-25-8-7-23-19(27)17(25)10-18(26)24-11-14-3-1-2-6-22-14/h1-6,9,17H,7-8,10-12H2,(H,23,27)(H,24,26). The number of nitrogens with one attached hydrogen (secondary N) is 2. The summed E-state index contributed by atoms with van der Waals surface area (Å²) in [4.78, 5) is 30.4. The predicted molar refractivity (Wildman–Crippen MR) is 94.3 cm³/mol. The summed E-state index contributed by atoms with van der Waals surface area (Å²) in [6.45, 7) is 1.48. The third-order valence-corrected chi connectivity index (χ3v) is 4.38. The van der Waals surface area contributed by atoms with Crippen LogP contribution in [0.5, 0.6) is 0 Å². The molecule has 3 rings (SSSR count). The van der Waals surface area contributed by atoms with Gasteiger partial charge in [-0.1, -0.05) is 12.1 Å². The lowest BCUT2D eigenvalue weighted by molar-refractivity contribution is -0.134. The van der Waals surface area contributed by atoms with Gasteiger partial charge in [0.15, 0.2) is 11.6 Å². The second-order valence-corrected chi connectivity index (χ2v) is 6.33. The maximum Gasteiger partial charge on any atom is 0.237 e. The molecule has 2 amide bonds. The Morgan fingerprint density at radius 3 is 2.85 bits per heavy atom. The Labute approximate surface area is 155 Å². The molecule has 142 valence electrons. The molecule has 6 nitrogen and oxygen atoms in total. The third kappa shape index (κ3) is 5.07. The van der Waals surface area contributed by atoms with E-state index in [1.807, 2.05) is 6.07 Å². The molecule has 1 aromatic carbocycles. The summed E-state index contributed by atoms with van der Waals surface area (Å²) in [7, 11) is 0. The molecule has 1 aromatic heterocycles. The first-order valence-corrected chi connectivity index (χ1v) is 8.65. The molecule has 1 aliphatic rings. The summed E-state index contributed by atoms with van der Waals surface area (Å²) >= 11 is 0. The van der Waals surface area contributed by atoms with Gasteiger partial charge in [0.05, 0.1) is 24.7 Å². The molecule has 1 atom stereocenters. The predicted octanol–water partition coefficient (Wildman–Crippen LogP) is 1.37. The van der Waals surface area contributed by atoms with Crippen LogP contribution in [0.1, 0.15) is 17.7 Å². The zero-order valence-corrected chi connectivity index (χ0v) is 14.6. The summed E-state index contributed by atoms with van der Waals surface area (Å²) < 4.78 is 26.5. The van der Waals surface area contributed by atoms with E-state index in [-0.39, 0.29) is 31.3 Å². The SMILES string of the molecule is O=C(CC1C(=O)NCCN1Cc1ccc(F)c(F)c1)NCc1ccccn1. The van der Waals surface area contributed by atoms with Crippen molar-refractivity contribution in [3.63, 3.8) is 0 Å². The van der Waals surface area contributed by atoms with E-state index in [0.717, 1.165) is 17.8 Å². The molecule has 1 saturated heterocycles. The Hall–Kier alpha value is -2.87. The van der Waals surface area contributed by atoms with E-state index < -0.39 is 17.7 Å². The van der Waals surface area contributed by atoms with Crippen molar-refractivity contribution in [1.82, 2.24) is 20.5 Å². The Bertz CT molecular complexity index is 817. The van der Waals surface area contributed by atoms with Crippen LogP contribution in [0.4, 0.5) is 8.78 Å². The molecular weight excluding hydrogens is 354 g/mol. The number of rotatable bonds is 6. The third-order valence-electron chi connectivity index (χ3n) is 4.38. The van der Waals surface area contributed by atoms with Crippen LogP contribution in [-0.4, -0.2) is 40.8 Å². The van der Waals surface area contributed by atoms with Gasteiger partial charge in [-0.2, -0.15) is 0 Å². The largest absolute Gasteiger partial charge is 0.353 e. The van der Waals surface area contributed by atoms with Crippen molar-refractivity contribution < 1.29 is 18.4 Å². The van der Waals surface area contributed by atoms with Crippen LogP contribution in [0.3, 0.4) is 0 Å². The minimum atomic E-state index is -0.932. The fraction of sp³-hybridized carbons (Fsp3) is 0.316. The van der Waals surface area contributed by atoms with Gasteiger partial charge in [-0.15, -0.1) is 0 Å². The van der Waals surface area contributed by atoms with E-state index in [9.17, 15) is 18.4 Å². The number of aromatic nitrogens is 1. The summed E-state index contributed by atoms with van der Waals surface area (Å²) in [6, 6.07) is 8.38. The Morgan fingerprint density at radius 1 is 1.26 bits per heavy atom. The summed E-state index contributed by atoms with van der Waals surface area (Å²) in [5, 5.41) is 5.49. The number of hydrogen-bond acceptors (Lipinski definition) is 4. The van der Waals surface area contributed by atoms with E-state index in [1.54, 1.807) is 23.2 Å². The fourth-order valence-corrected chi connectivity index (χ4v) is 2.99. The van der Waals surface area contributed by atoms with Crippen molar-refractivity contribution in [2.45, 2.75) is 25.6 Å². The molecule has 27 heavy (non-hydrogen) atoms. The van der Waals surface area contributed by atoms with Gasteiger partial charge in [0, 0.05) is 25.8 Å². The lowest BCUT2D eigenvalue weighted by Crippen LogP contribution is -2.56. The number of nitrogens with zero attached hydrogens (tertiary/aromatic N) is 2. The van der Waals surface area contributed by atoms with Crippen molar-refractivity contribution in [1.29, 1.82) is 0 Å². The fourth-order valence-electron chi connectivity index (χ4n) is 2.99. The van der Waals surface area contributed by atoms with Gasteiger partial charge < -0.3 is 10.6 Å². The molecular formula is C19H20F2N4O2.